The van der Waals surface area contributed by atoms with Crippen molar-refractivity contribution in [2.24, 2.45) is 7.05 Å². The summed E-state index contributed by atoms with van der Waals surface area (Å²) in [6.07, 6.45) is 6.91. The minimum absolute atomic E-state index is 0.0993. The quantitative estimate of drug-likeness (QED) is 0.776. The molecule has 0 aliphatic carbocycles. The van der Waals surface area contributed by atoms with Crippen molar-refractivity contribution >= 4 is 12.0 Å². The highest BCUT2D eigenvalue weighted by molar-refractivity contribution is 5.91. The molecule has 7 nitrogen and oxygen atoms in total. The van der Waals surface area contributed by atoms with Crippen molar-refractivity contribution in [1.82, 2.24) is 14.7 Å². The summed E-state index contributed by atoms with van der Waals surface area (Å²) in [6.45, 7) is 1.49. The van der Waals surface area contributed by atoms with Crippen LogP contribution in [0.25, 0.3) is 6.08 Å². The Morgan fingerprint density at radius 2 is 2.20 bits per heavy atom. The summed E-state index contributed by atoms with van der Waals surface area (Å²) < 4.78 is 18.2. The third kappa shape index (κ3) is 3.93. The largest absolute Gasteiger partial charge is 0.493 e. The second-order valence-electron chi connectivity index (χ2n) is 5.80. The topological polar surface area (TPSA) is 65.8 Å². The number of amides is 1. The minimum atomic E-state index is -0.0993. The number of nitrogens with zero attached hydrogens (tertiary/aromatic N) is 3. The zero-order valence-corrected chi connectivity index (χ0v) is 14.6. The second kappa shape index (κ2) is 7.29. The smallest absolute Gasteiger partial charge is 0.246 e. The van der Waals surface area contributed by atoms with Gasteiger partial charge in [-0.25, -0.2) is 0 Å². The van der Waals surface area contributed by atoms with Crippen molar-refractivity contribution in [2.75, 3.05) is 27.4 Å². The molecule has 0 atom stereocenters. The van der Waals surface area contributed by atoms with Crippen LogP contribution in [0.2, 0.25) is 0 Å². The summed E-state index contributed by atoms with van der Waals surface area (Å²) in [5.41, 5.74) is 1.79. The first kappa shape index (κ1) is 16.9. The van der Waals surface area contributed by atoms with Gasteiger partial charge in [-0.1, -0.05) is 0 Å². The summed E-state index contributed by atoms with van der Waals surface area (Å²) in [7, 11) is 5.18. The van der Waals surface area contributed by atoms with Crippen LogP contribution in [0.1, 0.15) is 11.1 Å². The molecule has 0 unspecified atom stereocenters. The fourth-order valence-corrected chi connectivity index (χ4v) is 2.59. The molecule has 7 heteroatoms. The third-order valence-corrected chi connectivity index (χ3v) is 3.82. The molecule has 0 N–H and O–H groups in total. The predicted molar refractivity (Wildman–Crippen MR) is 92.7 cm³/mol. The van der Waals surface area contributed by atoms with Crippen LogP contribution in [-0.2, 0) is 18.4 Å². The lowest BCUT2D eigenvalue weighted by molar-refractivity contribution is -0.125. The maximum absolute atomic E-state index is 12.3. The van der Waals surface area contributed by atoms with Crippen LogP contribution in [0.3, 0.4) is 0 Å². The molecule has 25 heavy (non-hydrogen) atoms. The number of fused-ring (bicyclic) bond motifs is 1. The number of likely N-dealkylation sites (N-methyl/N-ethyl adjacent to an activating group) is 1. The van der Waals surface area contributed by atoms with E-state index in [2.05, 4.69) is 5.10 Å². The Bertz CT molecular complexity index is 780. The first-order valence-electron chi connectivity index (χ1n) is 7.95. The molecule has 1 aliphatic heterocycles. The highest BCUT2D eigenvalue weighted by Gasteiger charge is 2.18. The summed E-state index contributed by atoms with van der Waals surface area (Å²) in [5.74, 6) is 1.72. The molecule has 0 saturated heterocycles. The fourth-order valence-electron chi connectivity index (χ4n) is 2.59. The molecule has 0 radical (unpaired) electrons. The van der Waals surface area contributed by atoms with Crippen LogP contribution in [0, 0.1) is 0 Å². The highest BCUT2D eigenvalue weighted by Crippen LogP contribution is 2.40. The number of benzene rings is 1. The lowest BCUT2D eigenvalue weighted by atomic mass is 10.1. The van der Waals surface area contributed by atoms with Gasteiger partial charge in [-0.05, 0) is 23.8 Å². The first-order chi connectivity index (χ1) is 12.1. The maximum Gasteiger partial charge on any atom is 0.246 e. The van der Waals surface area contributed by atoms with E-state index in [4.69, 9.17) is 14.2 Å². The molecule has 0 fully saturated rings. The van der Waals surface area contributed by atoms with Gasteiger partial charge in [0.2, 0.25) is 11.7 Å². The van der Waals surface area contributed by atoms with Crippen molar-refractivity contribution in [3.05, 3.63) is 41.7 Å². The molecule has 0 spiro atoms. The number of carbonyl (C=O) groups is 1. The van der Waals surface area contributed by atoms with Gasteiger partial charge in [0.15, 0.2) is 11.5 Å². The Labute approximate surface area is 146 Å². The second-order valence-corrected chi connectivity index (χ2v) is 5.80. The highest BCUT2D eigenvalue weighted by atomic mass is 16.6. The lowest BCUT2D eigenvalue weighted by Gasteiger charge is -2.21. The lowest BCUT2D eigenvalue weighted by Crippen LogP contribution is -2.23. The Balaban J connectivity index is 1.71. The van der Waals surface area contributed by atoms with Crippen molar-refractivity contribution in [3.63, 3.8) is 0 Å². The molecule has 1 aliphatic rings. The van der Waals surface area contributed by atoms with E-state index < -0.39 is 0 Å². The zero-order valence-electron chi connectivity index (χ0n) is 14.6. The van der Waals surface area contributed by atoms with E-state index in [1.165, 1.54) is 6.08 Å². The van der Waals surface area contributed by atoms with Crippen molar-refractivity contribution in [3.8, 4) is 17.2 Å². The Kier molecular flexibility index (Phi) is 4.92. The van der Waals surface area contributed by atoms with Gasteiger partial charge < -0.3 is 19.1 Å². The fraction of sp³-hybridized carbons (Fsp3) is 0.333. The van der Waals surface area contributed by atoms with E-state index in [0.717, 1.165) is 11.1 Å². The molecule has 2 heterocycles. The number of rotatable bonds is 5. The van der Waals surface area contributed by atoms with E-state index in [0.29, 0.717) is 37.0 Å². The standard InChI is InChI=1S/C18H21N3O4/c1-20(11-14-10-19-21(2)12-14)17(22)5-4-13-8-15(23-3)18-16(9-13)24-6-7-25-18/h4-5,8-10,12H,6-7,11H2,1-3H3. The van der Waals surface area contributed by atoms with E-state index in [-0.39, 0.29) is 5.91 Å². The van der Waals surface area contributed by atoms with Crippen molar-refractivity contribution < 1.29 is 19.0 Å². The summed E-state index contributed by atoms with van der Waals surface area (Å²) in [5, 5.41) is 4.10. The number of carbonyl (C=O) groups excluding carboxylic acids is 1. The molecule has 0 saturated carbocycles. The Morgan fingerprint density at radius 3 is 2.92 bits per heavy atom. The normalized spacial score (nSPS) is 13.1. The average Bonchev–Trinajstić information content (AvgIpc) is 3.03. The van der Waals surface area contributed by atoms with E-state index in [1.807, 2.05) is 25.4 Å². The van der Waals surface area contributed by atoms with E-state index >= 15 is 0 Å². The van der Waals surface area contributed by atoms with Gasteiger partial charge in [-0.15, -0.1) is 0 Å². The molecule has 3 rings (SSSR count). The number of hydrogen-bond donors (Lipinski definition) is 0. The number of methoxy groups -OCH3 is 1. The van der Waals surface area contributed by atoms with Gasteiger partial charge in [0.05, 0.1) is 13.3 Å². The van der Waals surface area contributed by atoms with Crippen LogP contribution in [0.5, 0.6) is 17.2 Å². The van der Waals surface area contributed by atoms with Crippen LogP contribution in [0.4, 0.5) is 0 Å². The SMILES string of the molecule is COc1cc(C=CC(=O)N(C)Cc2cnn(C)c2)cc2c1OCCO2. The number of ether oxygens (including phenoxy) is 3. The van der Waals surface area contributed by atoms with Gasteiger partial charge in [-0.3, -0.25) is 9.48 Å². The number of aryl methyl sites for hydroxylation is 1. The average molecular weight is 343 g/mol. The van der Waals surface area contributed by atoms with Crippen molar-refractivity contribution in [1.29, 1.82) is 0 Å². The third-order valence-electron chi connectivity index (χ3n) is 3.82. The van der Waals surface area contributed by atoms with Gasteiger partial charge >= 0.3 is 0 Å². The number of hydrogen-bond acceptors (Lipinski definition) is 5. The van der Waals surface area contributed by atoms with Gasteiger partial charge in [0.1, 0.15) is 13.2 Å². The molecular weight excluding hydrogens is 322 g/mol. The van der Waals surface area contributed by atoms with Crippen LogP contribution < -0.4 is 14.2 Å². The molecular formula is C18H21N3O4. The van der Waals surface area contributed by atoms with E-state index in [1.54, 1.807) is 36.0 Å². The molecule has 2 aromatic rings. The Morgan fingerprint density at radius 1 is 1.40 bits per heavy atom. The first-order valence-corrected chi connectivity index (χ1v) is 7.95. The predicted octanol–water partition coefficient (Wildman–Crippen LogP) is 1.87. The van der Waals surface area contributed by atoms with Gasteiger partial charge in [-0.2, -0.15) is 5.10 Å². The molecule has 1 aromatic carbocycles. The molecule has 132 valence electrons. The van der Waals surface area contributed by atoms with Gasteiger partial charge in [0, 0.05) is 38.5 Å². The molecule has 1 aromatic heterocycles. The Hall–Kier alpha value is -2.96. The van der Waals surface area contributed by atoms with Crippen LogP contribution in [0.15, 0.2) is 30.6 Å². The zero-order chi connectivity index (χ0) is 17.8. The minimum Gasteiger partial charge on any atom is -0.493 e. The summed E-state index contributed by atoms with van der Waals surface area (Å²) in [6, 6.07) is 3.65. The van der Waals surface area contributed by atoms with Crippen LogP contribution in [-0.4, -0.2) is 48.0 Å². The summed E-state index contributed by atoms with van der Waals surface area (Å²) >= 11 is 0. The number of aromatic nitrogens is 2. The summed E-state index contributed by atoms with van der Waals surface area (Å²) in [4.78, 5) is 13.9. The van der Waals surface area contributed by atoms with Crippen LogP contribution >= 0.6 is 0 Å². The molecule has 1 amide bonds. The molecule has 0 bridgehead atoms. The van der Waals surface area contributed by atoms with Crippen molar-refractivity contribution in [2.45, 2.75) is 6.54 Å². The maximum atomic E-state index is 12.3. The van der Waals surface area contributed by atoms with Gasteiger partial charge in [0.25, 0.3) is 0 Å². The monoisotopic (exact) mass is 343 g/mol. The van der Waals surface area contributed by atoms with E-state index in [9.17, 15) is 4.79 Å².